The molecular weight excluding hydrogens is 258 g/mol. The largest absolute Gasteiger partial charge is 0.384 e. The normalized spacial score (nSPS) is 15.2. The summed E-state index contributed by atoms with van der Waals surface area (Å²) in [6, 6.07) is 1.68. The van der Waals surface area contributed by atoms with E-state index in [4.69, 9.17) is 10.5 Å². The van der Waals surface area contributed by atoms with E-state index in [0.717, 1.165) is 6.42 Å². The number of anilines is 2. The summed E-state index contributed by atoms with van der Waals surface area (Å²) >= 11 is 0. The van der Waals surface area contributed by atoms with Crippen molar-refractivity contribution < 1.29 is 9.53 Å². The SMILES string of the molecule is CCc1nc(N)cc(NCCC(=O)N2CCOCC2)n1. The molecule has 0 bridgehead atoms. The Hall–Kier alpha value is -1.89. The summed E-state index contributed by atoms with van der Waals surface area (Å²) in [6.07, 6.45) is 1.16. The first-order valence-electron chi connectivity index (χ1n) is 6.92. The fourth-order valence-corrected chi connectivity index (χ4v) is 2.03. The Bertz CT molecular complexity index is 460. The molecule has 0 saturated carbocycles. The van der Waals surface area contributed by atoms with E-state index >= 15 is 0 Å². The number of carbonyl (C=O) groups excluding carboxylic acids is 1. The van der Waals surface area contributed by atoms with Crippen LogP contribution < -0.4 is 11.1 Å². The number of morpholine rings is 1. The van der Waals surface area contributed by atoms with Gasteiger partial charge in [0.25, 0.3) is 0 Å². The maximum absolute atomic E-state index is 12.0. The van der Waals surface area contributed by atoms with E-state index in [2.05, 4.69) is 15.3 Å². The van der Waals surface area contributed by atoms with Gasteiger partial charge in [0.15, 0.2) is 0 Å². The van der Waals surface area contributed by atoms with Crippen LogP contribution >= 0.6 is 0 Å². The average molecular weight is 279 g/mol. The van der Waals surface area contributed by atoms with Gasteiger partial charge in [-0.05, 0) is 0 Å². The molecule has 1 aromatic heterocycles. The highest BCUT2D eigenvalue weighted by atomic mass is 16.5. The molecule has 0 atom stereocenters. The number of aromatic nitrogens is 2. The Labute approximate surface area is 118 Å². The van der Waals surface area contributed by atoms with Crippen LogP contribution in [0.2, 0.25) is 0 Å². The zero-order valence-corrected chi connectivity index (χ0v) is 11.8. The molecule has 0 aliphatic carbocycles. The number of hydrogen-bond donors (Lipinski definition) is 2. The quantitative estimate of drug-likeness (QED) is 0.804. The highest BCUT2D eigenvalue weighted by Gasteiger charge is 2.16. The fraction of sp³-hybridized carbons (Fsp3) is 0.615. The predicted octanol–water partition coefficient (Wildman–Crippen LogP) is 0.282. The predicted molar refractivity (Wildman–Crippen MR) is 76.3 cm³/mol. The number of carbonyl (C=O) groups is 1. The second-order valence-electron chi connectivity index (χ2n) is 4.62. The molecule has 3 N–H and O–H groups in total. The van der Waals surface area contributed by atoms with Crippen LogP contribution in [0.1, 0.15) is 19.2 Å². The van der Waals surface area contributed by atoms with Gasteiger partial charge < -0.3 is 20.7 Å². The van der Waals surface area contributed by atoms with E-state index in [-0.39, 0.29) is 5.91 Å². The molecule has 1 aliphatic rings. The van der Waals surface area contributed by atoms with Crippen LogP contribution in [0, 0.1) is 0 Å². The molecule has 20 heavy (non-hydrogen) atoms. The first kappa shape index (κ1) is 14.5. The first-order valence-corrected chi connectivity index (χ1v) is 6.92. The third kappa shape index (κ3) is 4.06. The van der Waals surface area contributed by atoms with Crippen molar-refractivity contribution in [2.24, 2.45) is 0 Å². The van der Waals surface area contributed by atoms with Crippen LogP contribution in [0.15, 0.2) is 6.07 Å². The molecule has 0 radical (unpaired) electrons. The number of nitrogens with two attached hydrogens (primary N) is 1. The monoisotopic (exact) mass is 279 g/mol. The number of hydrogen-bond acceptors (Lipinski definition) is 6. The number of amides is 1. The van der Waals surface area contributed by atoms with Gasteiger partial charge in [0, 0.05) is 38.5 Å². The van der Waals surface area contributed by atoms with E-state index in [0.29, 0.717) is 56.7 Å². The lowest BCUT2D eigenvalue weighted by molar-refractivity contribution is -0.134. The number of rotatable bonds is 5. The molecular formula is C13H21N5O2. The lowest BCUT2D eigenvalue weighted by atomic mass is 10.3. The van der Waals surface area contributed by atoms with Gasteiger partial charge in [0.2, 0.25) is 5.91 Å². The molecule has 0 unspecified atom stereocenters. The van der Waals surface area contributed by atoms with E-state index in [1.54, 1.807) is 6.07 Å². The Morgan fingerprint density at radius 1 is 1.45 bits per heavy atom. The number of aryl methyl sites for hydroxylation is 1. The van der Waals surface area contributed by atoms with Crippen LogP contribution in [0.25, 0.3) is 0 Å². The minimum Gasteiger partial charge on any atom is -0.384 e. The van der Waals surface area contributed by atoms with Gasteiger partial charge >= 0.3 is 0 Å². The van der Waals surface area contributed by atoms with Crippen LogP contribution in [0.4, 0.5) is 11.6 Å². The number of nitrogen functional groups attached to an aromatic ring is 1. The van der Waals surface area contributed by atoms with E-state index < -0.39 is 0 Å². The first-order chi connectivity index (χ1) is 9.69. The van der Waals surface area contributed by atoms with Crippen LogP contribution in [-0.2, 0) is 16.0 Å². The molecule has 7 heteroatoms. The van der Waals surface area contributed by atoms with Crippen molar-refractivity contribution in [3.63, 3.8) is 0 Å². The Morgan fingerprint density at radius 2 is 2.20 bits per heavy atom. The standard InChI is InChI=1S/C13H21N5O2/c1-2-11-16-10(14)9-12(17-11)15-4-3-13(19)18-5-7-20-8-6-18/h9H,2-8H2,1H3,(H3,14,15,16,17). The summed E-state index contributed by atoms with van der Waals surface area (Å²) in [5.41, 5.74) is 5.70. The minimum atomic E-state index is 0.138. The van der Waals surface area contributed by atoms with Crippen LogP contribution in [-0.4, -0.2) is 53.6 Å². The van der Waals surface area contributed by atoms with Crippen molar-refractivity contribution in [3.05, 3.63) is 11.9 Å². The van der Waals surface area contributed by atoms with Crippen molar-refractivity contribution in [1.29, 1.82) is 0 Å². The molecule has 1 saturated heterocycles. The van der Waals surface area contributed by atoms with Crippen LogP contribution in [0.5, 0.6) is 0 Å². The second kappa shape index (κ2) is 7.04. The molecule has 1 fully saturated rings. The van der Waals surface area contributed by atoms with Gasteiger partial charge in [-0.15, -0.1) is 0 Å². The van der Waals surface area contributed by atoms with E-state index in [1.165, 1.54) is 0 Å². The summed E-state index contributed by atoms with van der Waals surface area (Å²) in [4.78, 5) is 22.2. The topological polar surface area (TPSA) is 93.4 Å². The van der Waals surface area contributed by atoms with Gasteiger partial charge in [0.1, 0.15) is 17.5 Å². The number of nitrogens with one attached hydrogen (secondary N) is 1. The fourth-order valence-electron chi connectivity index (χ4n) is 2.03. The third-order valence-corrected chi connectivity index (χ3v) is 3.12. The third-order valence-electron chi connectivity index (χ3n) is 3.12. The summed E-state index contributed by atoms with van der Waals surface area (Å²) in [5.74, 6) is 1.95. The molecule has 0 spiro atoms. The summed E-state index contributed by atoms with van der Waals surface area (Å²) < 4.78 is 5.22. The lowest BCUT2D eigenvalue weighted by Crippen LogP contribution is -2.41. The van der Waals surface area contributed by atoms with E-state index in [1.807, 2.05) is 11.8 Å². The second-order valence-corrected chi connectivity index (χ2v) is 4.62. The molecule has 1 amide bonds. The zero-order valence-electron chi connectivity index (χ0n) is 11.8. The Kier molecular flexibility index (Phi) is 5.11. The minimum absolute atomic E-state index is 0.138. The van der Waals surface area contributed by atoms with Gasteiger partial charge in [-0.25, -0.2) is 9.97 Å². The summed E-state index contributed by atoms with van der Waals surface area (Å²) in [5, 5.41) is 3.12. The van der Waals surface area contributed by atoms with Crippen molar-refractivity contribution in [2.45, 2.75) is 19.8 Å². The molecule has 0 aromatic carbocycles. The van der Waals surface area contributed by atoms with Gasteiger partial charge in [0.05, 0.1) is 13.2 Å². The Balaban J connectivity index is 1.80. The molecule has 1 aliphatic heterocycles. The summed E-state index contributed by atoms with van der Waals surface area (Å²) in [7, 11) is 0. The lowest BCUT2D eigenvalue weighted by Gasteiger charge is -2.26. The van der Waals surface area contributed by atoms with Crippen molar-refractivity contribution >= 4 is 17.5 Å². The molecule has 110 valence electrons. The van der Waals surface area contributed by atoms with Crippen LogP contribution in [0.3, 0.4) is 0 Å². The smallest absolute Gasteiger partial charge is 0.224 e. The highest BCUT2D eigenvalue weighted by Crippen LogP contribution is 2.09. The van der Waals surface area contributed by atoms with Crippen molar-refractivity contribution in [2.75, 3.05) is 43.9 Å². The Morgan fingerprint density at radius 3 is 2.90 bits per heavy atom. The molecule has 2 heterocycles. The number of ether oxygens (including phenoxy) is 1. The number of nitrogens with zero attached hydrogens (tertiary/aromatic N) is 3. The van der Waals surface area contributed by atoms with Gasteiger partial charge in [-0.2, -0.15) is 0 Å². The van der Waals surface area contributed by atoms with Gasteiger partial charge in [-0.1, -0.05) is 6.92 Å². The molecule has 2 rings (SSSR count). The van der Waals surface area contributed by atoms with Crippen molar-refractivity contribution in [1.82, 2.24) is 14.9 Å². The maximum Gasteiger partial charge on any atom is 0.224 e. The summed E-state index contributed by atoms with van der Waals surface area (Å²) in [6.45, 7) is 5.12. The highest BCUT2D eigenvalue weighted by molar-refractivity contribution is 5.76. The maximum atomic E-state index is 12.0. The molecule has 7 nitrogen and oxygen atoms in total. The van der Waals surface area contributed by atoms with Gasteiger partial charge in [-0.3, -0.25) is 4.79 Å². The van der Waals surface area contributed by atoms with E-state index in [9.17, 15) is 4.79 Å². The molecule has 1 aromatic rings. The van der Waals surface area contributed by atoms with Crippen molar-refractivity contribution in [3.8, 4) is 0 Å². The average Bonchev–Trinajstić information content (AvgIpc) is 2.47. The zero-order chi connectivity index (χ0) is 14.4.